The van der Waals surface area contributed by atoms with E-state index in [1.54, 1.807) is 0 Å². The summed E-state index contributed by atoms with van der Waals surface area (Å²) >= 11 is 0. The van der Waals surface area contributed by atoms with Gasteiger partial charge in [0.1, 0.15) is 5.75 Å². The van der Waals surface area contributed by atoms with E-state index in [9.17, 15) is 0 Å². The van der Waals surface area contributed by atoms with Gasteiger partial charge in [0.2, 0.25) is 0 Å². The number of hydrogen-bond acceptors (Lipinski definition) is 1. The molecule has 1 heteroatoms. The smallest absolute Gasteiger partial charge is 0.126 e. The normalized spacial score (nSPS) is 12.0. The van der Waals surface area contributed by atoms with Gasteiger partial charge < -0.3 is 4.74 Å². The Labute approximate surface area is 179 Å². The molecule has 2 rings (SSSR count). The molecule has 0 aromatic heterocycles. The third kappa shape index (κ3) is 7.72. The van der Waals surface area contributed by atoms with Crippen molar-refractivity contribution in [1.82, 2.24) is 0 Å². The van der Waals surface area contributed by atoms with Crippen molar-refractivity contribution in [3.8, 4) is 5.75 Å². The van der Waals surface area contributed by atoms with Crippen LogP contribution in [0.3, 0.4) is 0 Å². The van der Waals surface area contributed by atoms with Gasteiger partial charge in [0, 0.05) is 5.56 Å². The maximum Gasteiger partial charge on any atom is 0.126 e. The van der Waals surface area contributed by atoms with Crippen LogP contribution in [0.2, 0.25) is 0 Å². The lowest BCUT2D eigenvalue weighted by Gasteiger charge is -2.18. The van der Waals surface area contributed by atoms with E-state index in [4.69, 9.17) is 4.74 Å². The first-order valence-corrected chi connectivity index (χ1v) is 11.8. The molecule has 0 saturated heterocycles. The maximum atomic E-state index is 6.26. The van der Waals surface area contributed by atoms with Crippen molar-refractivity contribution in [2.75, 3.05) is 6.61 Å². The fourth-order valence-corrected chi connectivity index (χ4v) is 4.06. The van der Waals surface area contributed by atoms with E-state index >= 15 is 0 Å². The van der Waals surface area contributed by atoms with Gasteiger partial charge in [-0.1, -0.05) is 114 Å². The van der Waals surface area contributed by atoms with E-state index < -0.39 is 0 Å². The molecule has 0 aliphatic heterocycles. The highest BCUT2D eigenvalue weighted by molar-refractivity contribution is 5.92. The molecular weight excluding hydrogens is 352 g/mol. The quantitative estimate of drug-likeness (QED) is 0.230. The summed E-state index contributed by atoms with van der Waals surface area (Å²) in [6, 6.07) is 19.4. The van der Waals surface area contributed by atoms with Gasteiger partial charge in [0.15, 0.2) is 0 Å². The highest BCUT2D eigenvalue weighted by Crippen LogP contribution is 2.36. The number of unbranched alkanes of at least 4 members (excludes halogenated alkanes) is 7. The van der Waals surface area contributed by atoms with E-state index in [0.717, 1.165) is 31.6 Å². The largest absolute Gasteiger partial charge is 0.493 e. The van der Waals surface area contributed by atoms with E-state index in [1.165, 1.54) is 67.2 Å². The van der Waals surface area contributed by atoms with Crippen molar-refractivity contribution >= 4 is 11.1 Å². The van der Waals surface area contributed by atoms with Crippen LogP contribution in [0.25, 0.3) is 11.1 Å². The zero-order valence-electron chi connectivity index (χ0n) is 18.9. The van der Waals surface area contributed by atoms with Crippen LogP contribution in [0.5, 0.6) is 5.75 Å². The van der Waals surface area contributed by atoms with E-state index in [0.29, 0.717) is 0 Å². The molecule has 0 aliphatic carbocycles. The molecule has 0 fully saturated rings. The summed E-state index contributed by atoms with van der Waals surface area (Å²) < 4.78 is 6.26. The minimum atomic E-state index is 0.815. The number of ether oxygens (including phenoxy) is 1. The Kier molecular flexibility index (Phi) is 11.3. The molecule has 2 aromatic carbocycles. The Balaban J connectivity index is 1.99. The fraction of sp³-hybridized carbons (Fsp3) is 0.500. The summed E-state index contributed by atoms with van der Waals surface area (Å²) in [6.07, 6.45) is 12.7. The number of allylic oxidation sites excluding steroid dienone is 2. The molecule has 158 valence electrons. The van der Waals surface area contributed by atoms with E-state index in [1.807, 2.05) is 0 Å². The second kappa shape index (κ2) is 14.0. The van der Waals surface area contributed by atoms with E-state index in [2.05, 4.69) is 75.4 Å². The highest BCUT2D eigenvalue weighted by Gasteiger charge is 2.13. The minimum absolute atomic E-state index is 0.815. The zero-order chi connectivity index (χ0) is 20.7. The second-order valence-electron chi connectivity index (χ2n) is 7.85. The molecule has 0 saturated carbocycles. The zero-order valence-corrected chi connectivity index (χ0v) is 18.9. The summed E-state index contributed by atoms with van der Waals surface area (Å²) in [5.74, 6) is 1.04. The molecule has 29 heavy (non-hydrogen) atoms. The molecule has 0 spiro atoms. The second-order valence-corrected chi connectivity index (χ2v) is 7.85. The van der Waals surface area contributed by atoms with Crippen LogP contribution in [0.1, 0.15) is 96.1 Å². The van der Waals surface area contributed by atoms with Crippen LogP contribution < -0.4 is 4.74 Å². The predicted molar refractivity (Wildman–Crippen MR) is 128 cm³/mol. The third-order valence-electron chi connectivity index (χ3n) is 5.66. The third-order valence-corrected chi connectivity index (χ3v) is 5.66. The lowest BCUT2D eigenvalue weighted by Crippen LogP contribution is -2.01. The van der Waals surface area contributed by atoms with Gasteiger partial charge in [-0.2, -0.15) is 0 Å². The molecule has 0 heterocycles. The van der Waals surface area contributed by atoms with Crippen molar-refractivity contribution in [2.24, 2.45) is 0 Å². The van der Waals surface area contributed by atoms with Crippen LogP contribution >= 0.6 is 0 Å². The van der Waals surface area contributed by atoms with Gasteiger partial charge >= 0.3 is 0 Å². The van der Waals surface area contributed by atoms with E-state index in [-0.39, 0.29) is 0 Å². The summed E-state index contributed by atoms with van der Waals surface area (Å²) in [6.45, 7) is 7.60. The average molecular weight is 393 g/mol. The monoisotopic (exact) mass is 392 g/mol. The van der Waals surface area contributed by atoms with Crippen LogP contribution in [-0.4, -0.2) is 6.61 Å². The topological polar surface area (TPSA) is 9.23 Å². The summed E-state index contributed by atoms with van der Waals surface area (Å²) in [5, 5.41) is 0. The van der Waals surface area contributed by atoms with Crippen molar-refractivity contribution in [3.05, 3.63) is 65.7 Å². The molecule has 0 bridgehead atoms. The molecular formula is C28H40O. The number of para-hydroxylation sites is 1. The minimum Gasteiger partial charge on any atom is -0.493 e. The predicted octanol–water partition coefficient (Wildman–Crippen LogP) is 8.94. The Morgan fingerprint density at radius 3 is 1.86 bits per heavy atom. The number of rotatable bonds is 14. The lowest BCUT2D eigenvalue weighted by molar-refractivity contribution is 0.303. The molecule has 0 unspecified atom stereocenters. The Bertz CT molecular complexity index is 714. The van der Waals surface area contributed by atoms with Crippen LogP contribution in [0.15, 0.2) is 54.6 Å². The molecule has 0 aliphatic rings. The maximum absolute atomic E-state index is 6.26. The van der Waals surface area contributed by atoms with Gasteiger partial charge in [-0.15, -0.1) is 0 Å². The van der Waals surface area contributed by atoms with Crippen molar-refractivity contribution in [1.29, 1.82) is 0 Å². The first kappa shape index (κ1) is 23.3. The van der Waals surface area contributed by atoms with Crippen LogP contribution in [-0.2, 0) is 0 Å². The molecule has 1 nitrogen and oxygen atoms in total. The first-order valence-electron chi connectivity index (χ1n) is 11.8. The first-order chi connectivity index (χ1) is 14.3. The highest BCUT2D eigenvalue weighted by atomic mass is 16.5. The van der Waals surface area contributed by atoms with Gasteiger partial charge in [-0.25, -0.2) is 0 Å². The Morgan fingerprint density at radius 2 is 1.21 bits per heavy atom. The summed E-state index contributed by atoms with van der Waals surface area (Å²) in [7, 11) is 0. The van der Waals surface area contributed by atoms with Crippen molar-refractivity contribution in [2.45, 2.75) is 85.0 Å². The van der Waals surface area contributed by atoms with Gasteiger partial charge in [-0.05, 0) is 42.0 Å². The van der Waals surface area contributed by atoms with Gasteiger partial charge in [0.25, 0.3) is 0 Å². The Hall–Kier alpha value is -2.02. The average Bonchev–Trinajstić information content (AvgIpc) is 2.77. The molecule has 0 atom stereocenters. The van der Waals surface area contributed by atoms with Gasteiger partial charge in [-0.3, -0.25) is 0 Å². The molecule has 0 radical (unpaired) electrons. The summed E-state index contributed by atoms with van der Waals surface area (Å²) in [5.41, 5.74) is 5.42. The standard InChI is InChI=1S/C28H40O/c1-4-7-8-9-10-11-12-18-23-29-28-22-17-16-21-27(28)26(6-3)25(5-2)24-19-14-13-15-20-24/h13-17,19-22H,4-12,18,23H2,1-3H3. The summed E-state index contributed by atoms with van der Waals surface area (Å²) in [4.78, 5) is 0. The SMILES string of the molecule is CCCCCCCCCCOc1ccccc1C(CC)=C(CC)c1ccccc1. The number of benzene rings is 2. The van der Waals surface area contributed by atoms with Crippen molar-refractivity contribution in [3.63, 3.8) is 0 Å². The molecule has 2 aromatic rings. The molecule has 0 amide bonds. The fourth-order valence-electron chi connectivity index (χ4n) is 4.06. The van der Waals surface area contributed by atoms with Crippen LogP contribution in [0.4, 0.5) is 0 Å². The van der Waals surface area contributed by atoms with Crippen molar-refractivity contribution < 1.29 is 4.74 Å². The lowest BCUT2D eigenvalue weighted by atomic mass is 9.91. The Morgan fingerprint density at radius 1 is 0.621 bits per heavy atom. The van der Waals surface area contributed by atoms with Crippen LogP contribution in [0, 0.1) is 0 Å². The number of hydrogen-bond donors (Lipinski definition) is 0. The molecule has 0 N–H and O–H groups in total. The van der Waals surface area contributed by atoms with Gasteiger partial charge in [0.05, 0.1) is 6.61 Å².